The lowest BCUT2D eigenvalue weighted by Crippen LogP contribution is -2.26. The number of hydrogen-bond donors (Lipinski definition) is 1. The number of nitrogens with one attached hydrogen (secondary N) is 1. The van der Waals surface area contributed by atoms with E-state index in [4.69, 9.17) is 13.9 Å². The van der Waals surface area contributed by atoms with Crippen LogP contribution in [0.4, 0.5) is 0 Å². The molecular formula is C17H16N2O6S. The zero-order chi connectivity index (χ0) is 18.3. The molecule has 0 atom stereocenters. The number of rotatable bonds is 5. The summed E-state index contributed by atoms with van der Waals surface area (Å²) < 4.78 is 44.4. The smallest absolute Gasteiger partial charge is 0.419 e. The van der Waals surface area contributed by atoms with Gasteiger partial charge in [0.2, 0.25) is 16.8 Å². The van der Waals surface area contributed by atoms with Crippen molar-refractivity contribution in [2.24, 2.45) is 7.05 Å². The molecule has 0 fully saturated rings. The van der Waals surface area contributed by atoms with E-state index >= 15 is 0 Å². The van der Waals surface area contributed by atoms with Gasteiger partial charge in [-0.1, -0.05) is 6.07 Å². The lowest BCUT2D eigenvalue weighted by atomic mass is 10.1. The second kappa shape index (κ2) is 6.19. The van der Waals surface area contributed by atoms with E-state index in [0.29, 0.717) is 23.4 Å². The first-order valence-electron chi connectivity index (χ1n) is 7.92. The van der Waals surface area contributed by atoms with Gasteiger partial charge in [-0.3, -0.25) is 4.57 Å². The Morgan fingerprint density at radius 2 is 1.92 bits per heavy atom. The number of sulfonamides is 1. The molecule has 0 bridgehead atoms. The number of hydrogen-bond acceptors (Lipinski definition) is 6. The number of aromatic nitrogens is 1. The molecule has 0 saturated carbocycles. The molecule has 1 aliphatic rings. The van der Waals surface area contributed by atoms with E-state index in [1.54, 1.807) is 19.2 Å². The van der Waals surface area contributed by atoms with Crippen LogP contribution in [-0.2, 0) is 23.5 Å². The highest BCUT2D eigenvalue weighted by Crippen LogP contribution is 2.32. The van der Waals surface area contributed by atoms with Crippen LogP contribution in [0.2, 0.25) is 0 Å². The average Bonchev–Trinajstić information content (AvgIpc) is 3.19. The van der Waals surface area contributed by atoms with Crippen LogP contribution in [-0.4, -0.2) is 26.3 Å². The van der Waals surface area contributed by atoms with E-state index in [9.17, 15) is 13.2 Å². The van der Waals surface area contributed by atoms with E-state index in [1.165, 1.54) is 16.7 Å². The first-order valence-corrected chi connectivity index (χ1v) is 9.40. The molecule has 2 heterocycles. The van der Waals surface area contributed by atoms with Crippen molar-refractivity contribution in [2.75, 3.05) is 13.3 Å². The molecule has 0 radical (unpaired) electrons. The standard InChI is InChI=1S/C17H16N2O6S/c1-19-13-4-3-12(9-15(13)25-17(19)20)26(21,22)18-7-6-11-2-5-14-16(8-11)24-10-23-14/h2-5,8-9,18H,6-7,10H2,1H3. The Bertz CT molecular complexity index is 1150. The van der Waals surface area contributed by atoms with E-state index in [1.807, 2.05) is 12.1 Å². The fraction of sp³-hybridized carbons (Fsp3) is 0.235. The number of benzene rings is 2. The maximum atomic E-state index is 12.5. The number of oxazole rings is 1. The molecule has 26 heavy (non-hydrogen) atoms. The van der Waals surface area contributed by atoms with Gasteiger partial charge < -0.3 is 13.9 Å². The Kier molecular flexibility index (Phi) is 3.97. The van der Waals surface area contributed by atoms with Crippen LogP contribution in [0.1, 0.15) is 5.56 Å². The summed E-state index contributed by atoms with van der Waals surface area (Å²) in [5, 5.41) is 0. The van der Waals surface area contributed by atoms with Crippen LogP contribution in [0.5, 0.6) is 11.5 Å². The van der Waals surface area contributed by atoms with Gasteiger partial charge in [0, 0.05) is 19.7 Å². The Labute approximate surface area is 149 Å². The molecule has 3 aromatic rings. The maximum absolute atomic E-state index is 12.5. The summed E-state index contributed by atoms with van der Waals surface area (Å²) >= 11 is 0. The second-order valence-corrected chi connectivity index (χ2v) is 7.66. The zero-order valence-corrected chi connectivity index (χ0v) is 14.7. The fourth-order valence-electron chi connectivity index (χ4n) is 2.79. The average molecular weight is 376 g/mol. The number of aryl methyl sites for hydroxylation is 1. The third-order valence-electron chi connectivity index (χ3n) is 4.22. The maximum Gasteiger partial charge on any atom is 0.419 e. The zero-order valence-electron chi connectivity index (χ0n) is 13.9. The number of nitrogens with zero attached hydrogens (tertiary/aromatic N) is 1. The molecule has 0 amide bonds. The largest absolute Gasteiger partial charge is 0.454 e. The van der Waals surface area contributed by atoms with Crippen LogP contribution in [0.25, 0.3) is 11.1 Å². The van der Waals surface area contributed by atoms with Crippen LogP contribution < -0.4 is 20.0 Å². The summed E-state index contributed by atoms with van der Waals surface area (Å²) in [6.45, 7) is 0.419. The van der Waals surface area contributed by atoms with Crippen LogP contribution >= 0.6 is 0 Å². The minimum Gasteiger partial charge on any atom is -0.454 e. The van der Waals surface area contributed by atoms with Crippen molar-refractivity contribution >= 4 is 21.1 Å². The van der Waals surface area contributed by atoms with Gasteiger partial charge in [0.1, 0.15) is 0 Å². The topological polar surface area (TPSA) is 99.8 Å². The van der Waals surface area contributed by atoms with Crippen molar-refractivity contribution in [3.63, 3.8) is 0 Å². The van der Waals surface area contributed by atoms with Gasteiger partial charge in [0.05, 0.1) is 10.4 Å². The fourth-order valence-corrected chi connectivity index (χ4v) is 3.84. The Balaban J connectivity index is 1.48. The molecule has 1 N–H and O–H groups in total. The van der Waals surface area contributed by atoms with Crippen molar-refractivity contribution in [3.05, 3.63) is 52.5 Å². The molecule has 0 aliphatic carbocycles. The van der Waals surface area contributed by atoms with E-state index in [-0.39, 0.29) is 23.8 Å². The van der Waals surface area contributed by atoms with Gasteiger partial charge in [-0.05, 0) is 36.2 Å². The molecule has 1 aromatic heterocycles. The van der Waals surface area contributed by atoms with Crippen LogP contribution in [0.3, 0.4) is 0 Å². The Morgan fingerprint density at radius 3 is 2.77 bits per heavy atom. The second-order valence-electron chi connectivity index (χ2n) is 5.89. The van der Waals surface area contributed by atoms with E-state index in [2.05, 4.69) is 4.72 Å². The van der Waals surface area contributed by atoms with Crippen molar-refractivity contribution < 1.29 is 22.3 Å². The van der Waals surface area contributed by atoms with Crippen molar-refractivity contribution in [1.29, 1.82) is 0 Å². The van der Waals surface area contributed by atoms with Crippen molar-refractivity contribution in [3.8, 4) is 11.5 Å². The molecule has 0 saturated heterocycles. The predicted molar refractivity (Wildman–Crippen MR) is 92.9 cm³/mol. The highest BCUT2D eigenvalue weighted by Gasteiger charge is 2.17. The van der Waals surface area contributed by atoms with E-state index < -0.39 is 15.8 Å². The highest BCUT2D eigenvalue weighted by molar-refractivity contribution is 7.89. The van der Waals surface area contributed by atoms with Crippen LogP contribution in [0, 0.1) is 0 Å². The summed E-state index contributed by atoms with van der Waals surface area (Å²) in [6, 6.07) is 9.85. The van der Waals surface area contributed by atoms with Crippen molar-refractivity contribution in [1.82, 2.24) is 9.29 Å². The molecule has 0 unspecified atom stereocenters. The van der Waals surface area contributed by atoms with Gasteiger partial charge in [-0.2, -0.15) is 0 Å². The van der Waals surface area contributed by atoms with E-state index in [0.717, 1.165) is 5.56 Å². The minimum absolute atomic E-state index is 0.0463. The minimum atomic E-state index is -3.71. The monoisotopic (exact) mass is 376 g/mol. The molecule has 136 valence electrons. The van der Waals surface area contributed by atoms with Gasteiger partial charge in [-0.25, -0.2) is 17.9 Å². The molecular weight excluding hydrogens is 360 g/mol. The highest BCUT2D eigenvalue weighted by atomic mass is 32.2. The third kappa shape index (κ3) is 2.95. The van der Waals surface area contributed by atoms with Gasteiger partial charge in [0.15, 0.2) is 17.1 Å². The first kappa shape index (κ1) is 16.7. The number of ether oxygens (including phenoxy) is 2. The summed E-state index contributed by atoms with van der Waals surface area (Å²) in [6.07, 6.45) is 0.499. The molecule has 0 spiro atoms. The normalized spacial score (nSPS) is 13.4. The molecule has 2 aromatic carbocycles. The molecule has 8 nitrogen and oxygen atoms in total. The third-order valence-corrected chi connectivity index (χ3v) is 5.68. The molecule has 4 rings (SSSR count). The summed E-state index contributed by atoms with van der Waals surface area (Å²) in [5.74, 6) is 0.812. The Morgan fingerprint density at radius 1 is 1.12 bits per heavy atom. The lowest BCUT2D eigenvalue weighted by molar-refractivity contribution is 0.174. The van der Waals surface area contributed by atoms with Gasteiger partial charge >= 0.3 is 5.76 Å². The molecule has 9 heteroatoms. The van der Waals surface area contributed by atoms with Crippen LogP contribution in [0.15, 0.2) is 50.5 Å². The quantitative estimate of drug-likeness (QED) is 0.722. The van der Waals surface area contributed by atoms with Gasteiger partial charge in [0.25, 0.3) is 0 Å². The molecule has 1 aliphatic heterocycles. The Hall–Kier alpha value is -2.78. The first-order chi connectivity index (χ1) is 12.4. The number of fused-ring (bicyclic) bond motifs is 2. The summed E-state index contributed by atoms with van der Waals surface area (Å²) in [4.78, 5) is 11.6. The lowest BCUT2D eigenvalue weighted by Gasteiger charge is -2.07. The SMILES string of the molecule is Cn1c(=O)oc2cc(S(=O)(=O)NCCc3ccc4c(c3)OCO4)ccc21. The summed E-state index contributed by atoms with van der Waals surface area (Å²) in [5.41, 5.74) is 1.70. The summed E-state index contributed by atoms with van der Waals surface area (Å²) in [7, 11) is -2.15. The predicted octanol–water partition coefficient (Wildman–Crippen LogP) is 1.38. The van der Waals surface area contributed by atoms with Crippen molar-refractivity contribution in [2.45, 2.75) is 11.3 Å². The van der Waals surface area contributed by atoms with Gasteiger partial charge in [-0.15, -0.1) is 0 Å².